The zero-order chi connectivity index (χ0) is 25.7. The summed E-state index contributed by atoms with van der Waals surface area (Å²) in [5.74, 6) is -1.03. The van der Waals surface area contributed by atoms with E-state index >= 15 is 0 Å². The van der Waals surface area contributed by atoms with Gasteiger partial charge in [0.25, 0.3) is 0 Å². The second-order valence-electron chi connectivity index (χ2n) is 10.3. The summed E-state index contributed by atoms with van der Waals surface area (Å²) in [6.45, 7) is 1.54. The summed E-state index contributed by atoms with van der Waals surface area (Å²) < 4.78 is 5.38. The smallest absolute Gasteiger partial charge is 0.338 e. The predicted octanol–water partition coefficient (Wildman–Crippen LogP) is 5.04. The normalized spacial score (nSPS) is 26.7. The first-order chi connectivity index (χ1) is 17.9. The fourth-order valence-electron chi connectivity index (χ4n) is 6.66. The van der Waals surface area contributed by atoms with Crippen molar-refractivity contribution in [1.29, 1.82) is 0 Å². The zero-order valence-corrected chi connectivity index (χ0v) is 20.4. The largest absolute Gasteiger partial charge is 0.451 e. The number of Topliss-reactive ketones (excluding diaryl/α,β-unsaturated/α-hetero) is 1. The number of amides is 2. The Balaban J connectivity index is 1.16. The molecule has 3 aromatic rings. The summed E-state index contributed by atoms with van der Waals surface area (Å²) in [4.78, 5) is 53.4. The Morgan fingerprint density at radius 1 is 0.784 bits per heavy atom. The van der Waals surface area contributed by atoms with E-state index in [-0.39, 0.29) is 46.8 Å². The fraction of sp³-hybridized carbons (Fsp3) is 0.290. The molecule has 3 aliphatic rings. The summed E-state index contributed by atoms with van der Waals surface area (Å²) in [5, 5.41) is 0. The number of imide groups is 1. The standard InChI is InChI=1S/C31H27NO5/c1-18(28(33)20-10-6-3-7-11-20)37-31(36)21-12-14-23(15-13-21)32-29(34)26-22-16-24(19-8-4-2-5-9-19)25(17-22)27(26)30(32)35/h2-15,18,22,24-27H,16-17H2,1H3/t18-,22-,24+,25-,26-,27+/m1/s1. The van der Waals surface area contributed by atoms with Crippen molar-refractivity contribution in [2.75, 3.05) is 4.90 Å². The first kappa shape index (κ1) is 23.3. The molecule has 0 radical (unpaired) electrons. The molecule has 6 nitrogen and oxygen atoms in total. The van der Waals surface area contributed by atoms with Crippen molar-refractivity contribution in [3.05, 3.63) is 102 Å². The van der Waals surface area contributed by atoms with Crippen LogP contribution in [0.2, 0.25) is 0 Å². The Morgan fingerprint density at radius 2 is 1.41 bits per heavy atom. The van der Waals surface area contributed by atoms with Gasteiger partial charge in [0.15, 0.2) is 6.10 Å². The number of rotatable bonds is 6. The number of carbonyl (C=O) groups excluding carboxylic acids is 4. The van der Waals surface area contributed by atoms with Crippen LogP contribution in [0, 0.1) is 23.7 Å². The van der Waals surface area contributed by atoms with Crippen LogP contribution in [0.15, 0.2) is 84.9 Å². The van der Waals surface area contributed by atoms with E-state index in [9.17, 15) is 19.2 Å². The van der Waals surface area contributed by atoms with E-state index < -0.39 is 12.1 Å². The van der Waals surface area contributed by atoms with Crippen molar-refractivity contribution < 1.29 is 23.9 Å². The highest BCUT2D eigenvalue weighted by Gasteiger charge is 2.64. The second-order valence-corrected chi connectivity index (χ2v) is 10.3. The number of ether oxygens (including phenoxy) is 1. The lowest BCUT2D eigenvalue weighted by atomic mass is 9.73. The van der Waals surface area contributed by atoms with Crippen molar-refractivity contribution >= 4 is 29.3 Å². The maximum atomic E-state index is 13.5. The van der Waals surface area contributed by atoms with E-state index in [4.69, 9.17) is 4.74 Å². The lowest BCUT2D eigenvalue weighted by molar-refractivity contribution is -0.123. The quantitative estimate of drug-likeness (QED) is 0.273. The molecule has 0 unspecified atom stereocenters. The molecule has 186 valence electrons. The van der Waals surface area contributed by atoms with Gasteiger partial charge in [-0.2, -0.15) is 0 Å². The first-order valence-corrected chi connectivity index (χ1v) is 12.8. The summed E-state index contributed by atoms with van der Waals surface area (Å²) in [6.07, 6.45) is 0.918. The van der Waals surface area contributed by atoms with Crippen LogP contribution in [0.3, 0.4) is 0 Å². The van der Waals surface area contributed by atoms with Crippen molar-refractivity contribution in [2.24, 2.45) is 23.7 Å². The van der Waals surface area contributed by atoms with Crippen molar-refractivity contribution in [1.82, 2.24) is 0 Å². The summed E-state index contributed by atoms with van der Waals surface area (Å²) in [6, 6.07) is 25.2. The number of hydrogen-bond acceptors (Lipinski definition) is 5. The minimum absolute atomic E-state index is 0.133. The van der Waals surface area contributed by atoms with Crippen LogP contribution in [-0.4, -0.2) is 29.7 Å². The lowest BCUT2D eigenvalue weighted by Crippen LogP contribution is -2.33. The van der Waals surface area contributed by atoms with Gasteiger partial charge < -0.3 is 4.74 Å². The van der Waals surface area contributed by atoms with Gasteiger partial charge in [-0.15, -0.1) is 0 Å². The summed E-state index contributed by atoms with van der Waals surface area (Å²) >= 11 is 0. The van der Waals surface area contributed by atoms with Crippen LogP contribution < -0.4 is 4.90 Å². The van der Waals surface area contributed by atoms with Crippen molar-refractivity contribution in [3.63, 3.8) is 0 Å². The molecule has 1 aliphatic heterocycles. The third-order valence-electron chi connectivity index (χ3n) is 8.32. The van der Waals surface area contributed by atoms with Gasteiger partial charge in [-0.3, -0.25) is 19.3 Å². The summed E-state index contributed by atoms with van der Waals surface area (Å²) in [5.41, 5.74) is 2.43. The number of esters is 1. The second kappa shape index (κ2) is 9.11. The molecule has 2 saturated carbocycles. The van der Waals surface area contributed by atoms with Crippen LogP contribution in [0.25, 0.3) is 0 Å². The van der Waals surface area contributed by atoms with Gasteiger partial charge in [0, 0.05) is 5.56 Å². The Kier molecular flexibility index (Phi) is 5.75. The Bertz CT molecular complexity index is 1370. The number of fused-ring (bicyclic) bond motifs is 5. The van der Waals surface area contributed by atoms with Crippen LogP contribution in [0.5, 0.6) is 0 Å². The number of ketones is 1. The van der Waals surface area contributed by atoms with E-state index in [1.807, 2.05) is 24.3 Å². The predicted molar refractivity (Wildman–Crippen MR) is 137 cm³/mol. The average molecular weight is 494 g/mol. The number of anilines is 1. The van der Waals surface area contributed by atoms with E-state index in [0.717, 1.165) is 12.8 Å². The number of hydrogen-bond donors (Lipinski definition) is 0. The van der Waals surface area contributed by atoms with Gasteiger partial charge >= 0.3 is 5.97 Å². The molecule has 6 atom stereocenters. The van der Waals surface area contributed by atoms with E-state index in [1.165, 1.54) is 22.6 Å². The molecular formula is C31H27NO5. The highest BCUT2D eigenvalue weighted by Crippen LogP contribution is 2.61. The molecule has 0 N–H and O–H groups in total. The first-order valence-electron chi connectivity index (χ1n) is 12.8. The molecule has 1 saturated heterocycles. The van der Waals surface area contributed by atoms with Crippen molar-refractivity contribution in [2.45, 2.75) is 31.8 Å². The molecular weight excluding hydrogens is 466 g/mol. The molecule has 2 amide bonds. The van der Waals surface area contributed by atoms with Gasteiger partial charge in [0.1, 0.15) is 0 Å². The molecule has 6 rings (SSSR count). The van der Waals surface area contributed by atoms with Crippen LogP contribution >= 0.6 is 0 Å². The topological polar surface area (TPSA) is 80.8 Å². The third-order valence-corrected chi connectivity index (χ3v) is 8.32. The number of benzene rings is 3. The lowest BCUT2D eigenvalue weighted by Gasteiger charge is -2.28. The molecule has 2 bridgehead atoms. The summed E-state index contributed by atoms with van der Waals surface area (Å²) in [7, 11) is 0. The van der Waals surface area contributed by atoms with Crippen molar-refractivity contribution in [3.8, 4) is 0 Å². The van der Waals surface area contributed by atoms with Gasteiger partial charge in [-0.1, -0.05) is 60.7 Å². The minimum Gasteiger partial charge on any atom is -0.451 e. The van der Waals surface area contributed by atoms with Crippen LogP contribution in [0.1, 0.15) is 52.0 Å². The average Bonchev–Trinajstić information content (AvgIpc) is 3.60. The maximum Gasteiger partial charge on any atom is 0.338 e. The fourth-order valence-corrected chi connectivity index (χ4v) is 6.66. The molecule has 3 fully saturated rings. The van der Waals surface area contributed by atoms with Gasteiger partial charge in [0.05, 0.1) is 23.1 Å². The number of carbonyl (C=O) groups is 4. The molecule has 2 aliphatic carbocycles. The zero-order valence-electron chi connectivity index (χ0n) is 20.4. The van der Waals surface area contributed by atoms with E-state index in [1.54, 1.807) is 43.3 Å². The van der Waals surface area contributed by atoms with Gasteiger partial charge in [-0.05, 0) is 67.3 Å². The highest BCUT2D eigenvalue weighted by atomic mass is 16.5. The number of nitrogens with zero attached hydrogens (tertiary/aromatic N) is 1. The molecule has 37 heavy (non-hydrogen) atoms. The monoisotopic (exact) mass is 493 g/mol. The van der Waals surface area contributed by atoms with Crippen LogP contribution in [0.4, 0.5) is 5.69 Å². The van der Waals surface area contributed by atoms with Gasteiger partial charge in [0.2, 0.25) is 17.6 Å². The Morgan fingerprint density at radius 3 is 2.08 bits per heavy atom. The Labute approximate surface area is 215 Å². The Hall–Kier alpha value is -4.06. The third kappa shape index (κ3) is 3.88. The van der Waals surface area contributed by atoms with E-state index in [0.29, 0.717) is 17.2 Å². The maximum absolute atomic E-state index is 13.5. The molecule has 3 aromatic carbocycles. The minimum atomic E-state index is -0.941. The SMILES string of the molecule is C[C@@H](OC(=O)c1ccc(N2C(=O)[C@@H]3[C@H]4C[C@@H]([C@@H]3C2=O)[C@H](c2ccccc2)C4)cc1)C(=O)c1ccccc1. The van der Waals surface area contributed by atoms with Crippen LogP contribution in [-0.2, 0) is 14.3 Å². The highest BCUT2D eigenvalue weighted by molar-refractivity contribution is 6.22. The molecule has 0 spiro atoms. The van der Waals surface area contributed by atoms with E-state index in [2.05, 4.69) is 12.1 Å². The van der Waals surface area contributed by atoms with Gasteiger partial charge in [-0.25, -0.2) is 4.79 Å². The molecule has 0 aromatic heterocycles. The molecule has 1 heterocycles. The molecule has 6 heteroatoms.